The van der Waals surface area contributed by atoms with Crippen LogP contribution in [0.1, 0.15) is 51.6 Å². The van der Waals surface area contributed by atoms with Gasteiger partial charge in [-0.05, 0) is 71.6 Å². The first-order chi connectivity index (χ1) is 8.95. The van der Waals surface area contributed by atoms with Crippen molar-refractivity contribution in [2.45, 2.75) is 52.2 Å². The summed E-state index contributed by atoms with van der Waals surface area (Å²) >= 11 is 3.59. The van der Waals surface area contributed by atoms with Crippen LogP contribution in [0.15, 0.2) is 22.7 Å². The molecule has 3 heteroatoms. The highest BCUT2D eigenvalue weighted by molar-refractivity contribution is 9.10. The molecule has 0 aromatic heterocycles. The summed E-state index contributed by atoms with van der Waals surface area (Å²) < 4.78 is 7.18. The fourth-order valence-electron chi connectivity index (χ4n) is 3.04. The SMILES string of the molecule is CC1CC(C)CC(Oc2ccc([C@@H](C)N)cc2Br)C1. The van der Waals surface area contributed by atoms with Crippen molar-refractivity contribution < 1.29 is 4.74 Å². The van der Waals surface area contributed by atoms with Crippen LogP contribution in [0.5, 0.6) is 5.75 Å². The molecule has 0 saturated heterocycles. The van der Waals surface area contributed by atoms with Crippen molar-refractivity contribution in [3.63, 3.8) is 0 Å². The lowest BCUT2D eigenvalue weighted by atomic mass is 9.82. The van der Waals surface area contributed by atoms with E-state index in [1.54, 1.807) is 0 Å². The minimum absolute atomic E-state index is 0.0556. The predicted molar refractivity (Wildman–Crippen MR) is 83.3 cm³/mol. The molecule has 1 aliphatic rings. The van der Waals surface area contributed by atoms with E-state index >= 15 is 0 Å². The molecule has 1 fully saturated rings. The van der Waals surface area contributed by atoms with Gasteiger partial charge in [-0.2, -0.15) is 0 Å². The Morgan fingerprint density at radius 3 is 2.37 bits per heavy atom. The fraction of sp³-hybridized carbons (Fsp3) is 0.625. The minimum atomic E-state index is 0.0556. The number of benzene rings is 1. The van der Waals surface area contributed by atoms with Crippen LogP contribution in [0.2, 0.25) is 0 Å². The average molecular weight is 326 g/mol. The first-order valence-corrected chi connectivity index (χ1v) is 7.96. The Morgan fingerprint density at radius 1 is 1.21 bits per heavy atom. The van der Waals surface area contributed by atoms with E-state index in [9.17, 15) is 0 Å². The molecule has 0 spiro atoms. The van der Waals surface area contributed by atoms with Crippen molar-refractivity contribution in [3.05, 3.63) is 28.2 Å². The van der Waals surface area contributed by atoms with Crippen LogP contribution in [0.3, 0.4) is 0 Å². The summed E-state index contributed by atoms with van der Waals surface area (Å²) in [6.45, 7) is 6.63. The van der Waals surface area contributed by atoms with Gasteiger partial charge < -0.3 is 10.5 Å². The van der Waals surface area contributed by atoms with E-state index < -0.39 is 0 Å². The smallest absolute Gasteiger partial charge is 0.133 e. The summed E-state index contributed by atoms with van der Waals surface area (Å²) in [5, 5.41) is 0. The predicted octanol–water partition coefficient (Wildman–Crippen LogP) is 4.67. The summed E-state index contributed by atoms with van der Waals surface area (Å²) in [5.41, 5.74) is 7.02. The third-order valence-corrected chi connectivity index (χ3v) is 4.53. The second-order valence-electron chi connectivity index (χ2n) is 6.14. The van der Waals surface area contributed by atoms with E-state index in [4.69, 9.17) is 10.5 Å². The van der Waals surface area contributed by atoms with Crippen molar-refractivity contribution in [1.82, 2.24) is 0 Å². The molecular weight excluding hydrogens is 302 g/mol. The Balaban J connectivity index is 2.06. The summed E-state index contributed by atoms with van der Waals surface area (Å²) in [6, 6.07) is 6.21. The van der Waals surface area contributed by atoms with Crippen LogP contribution < -0.4 is 10.5 Å². The highest BCUT2D eigenvalue weighted by Crippen LogP contribution is 2.34. The molecule has 2 N–H and O–H groups in total. The highest BCUT2D eigenvalue weighted by atomic mass is 79.9. The zero-order valence-corrected chi connectivity index (χ0v) is 13.6. The van der Waals surface area contributed by atoms with Gasteiger partial charge in [-0.1, -0.05) is 19.9 Å². The van der Waals surface area contributed by atoms with Crippen LogP contribution >= 0.6 is 15.9 Å². The summed E-state index contributed by atoms with van der Waals surface area (Å²) in [6.07, 6.45) is 3.98. The molecule has 0 amide bonds. The molecular formula is C16H24BrNO. The third kappa shape index (κ3) is 3.96. The van der Waals surface area contributed by atoms with Gasteiger partial charge in [0, 0.05) is 6.04 Å². The quantitative estimate of drug-likeness (QED) is 0.876. The van der Waals surface area contributed by atoms with Gasteiger partial charge in [0.25, 0.3) is 0 Å². The topological polar surface area (TPSA) is 35.2 Å². The molecule has 1 aromatic carbocycles. The lowest BCUT2D eigenvalue weighted by molar-refractivity contribution is 0.100. The molecule has 19 heavy (non-hydrogen) atoms. The maximum atomic E-state index is 6.17. The Morgan fingerprint density at radius 2 is 1.84 bits per heavy atom. The van der Waals surface area contributed by atoms with Crippen molar-refractivity contribution in [3.8, 4) is 5.75 Å². The number of ether oxygens (including phenoxy) is 1. The molecule has 0 radical (unpaired) electrons. The maximum Gasteiger partial charge on any atom is 0.133 e. The first kappa shape index (κ1) is 14.9. The van der Waals surface area contributed by atoms with Gasteiger partial charge in [0.2, 0.25) is 0 Å². The van der Waals surface area contributed by atoms with Crippen molar-refractivity contribution in [1.29, 1.82) is 0 Å². The van der Waals surface area contributed by atoms with Gasteiger partial charge in [-0.15, -0.1) is 0 Å². The molecule has 2 rings (SSSR count). The zero-order chi connectivity index (χ0) is 14.0. The van der Waals surface area contributed by atoms with Crippen LogP contribution in [-0.4, -0.2) is 6.10 Å². The van der Waals surface area contributed by atoms with Crippen molar-refractivity contribution in [2.75, 3.05) is 0 Å². The van der Waals surface area contributed by atoms with E-state index in [2.05, 4.69) is 41.9 Å². The molecule has 0 bridgehead atoms. The summed E-state index contributed by atoms with van der Waals surface area (Å²) in [5.74, 6) is 2.46. The van der Waals surface area contributed by atoms with Crippen LogP contribution in [-0.2, 0) is 0 Å². The number of hydrogen-bond donors (Lipinski definition) is 1. The molecule has 2 nitrogen and oxygen atoms in total. The van der Waals surface area contributed by atoms with Crippen LogP contribution in [0.4, 0.5) is 0 Å². The third-order valence-electron chi connectivity index (χ3n) is 3.91. The molecule has 2 unspecified atom stereocenters. The largest absolute Gasteiger partial charge is 0.489 e. The normalized spacial score (nSPS) is 29.0. The second kappa shape index (κ2) is 6.27. The van der Waals surface area contributed by atoms with E-state index in [1.165, 1.54) is 6.42 Å². The van der Waals surface area contributed by atoms with Gasteiger partial charge in [0.05, 0.1) is 10.6 Å². The van der Waals surface area contributed by atoms with Gasteiger partial charge in [0.1, 0.15) is 5.75 Å². The second-order valence-corrected chi connectivity index (χ2v) is 6.99. The average Bonchev–Trinajstić information content (AvgIpc) is 2.30. The van der Waals surface area contributed by atoms with E-state index in [0.717, 1.165) is 40.5 Å². The van der Waals surface area contributed by atoms with Gasteiger partial charge >= 0.3 is 0 Å². The molecule has 1 saturated carbocycles. The van der Waals surface area contributed by atoms with E-state index in [1.807, 2.05) is 13.0 Å². The van der Waals surface area contributed by atoms with Gasteiger partial charge in [-0.3, -0.25) is 0 Å². The standard InChI is InChI=1S/C16H24BrNO/c1-10-6-11(2)8-14(7-10)19-16-5-4-13(12(3)18)9-15(16)17/h4-5,9-12,14H,6-8,18H2,1-3H3/t10?,11?,12-,14?/m1/s1. The number of halogens is 1. The Hall–Kier alpha value is -0.540. The maximum absolute atomic E-state index is 6.17. The molecule has 1 aromatic rings. The highest BCUT2D eigenvalue weighted by Gasteiger charge is 2.25. The first-order valence-electron chi connectivity index (χ1n) is 7.17. The lowest BCUT2D eigenvalue weighted by Gasteiger charge is -2.32. The number of nitrogens with two attached hydrogens (primary N) is 1. The molecule has 3 atom stereocenters. The molecule has 1 aliphatic carbocycles. The van der Waals surface area contributed by atoms with E-state index in [-0.39, 0.29) is 6.04 Å². The minimum Gasteiger partial charge on any atom is -0.489 e. The molecule has 0 heterocycles. The van der Waals surface area contributed by atoms with Crippen LogP contribution in [0.25, 0.3) is 0 Å². The van der Waals surface area contributed by atoms with E-state index in [0.29, 0.717) is 6.10 Å². The van der Waals surface area contributed by atoms with Crippen molar-refractivity contribution in [2.24, 2.45) is 17.6 Å². The summed E-state index contributed by atoms with van der Waals surface area (Å²) in [7, 11) is 0. The zero-order valence-electron chi connectivity index (χ0n) is 12.0. The Labute approximate surface area is 124 Å². The Kier molecular flexibility index (Phi) is 4.91. The Bertz CT molecular complexity index is 423. The summed E-state index contributed by atoms with van der Waals surface area (Å²) in [4.78, 5) is 0. The van der Waals surface area contributed by atoms with Crippen molar-refractivity contribution >= 4 is 15.9 Å². The number of hydrogen-bond acceptors (Lipinski definition) is 2. The fourth-order valence-corrected chi connectivity index (χ4v) is 3.53. The monoisotopic (exact) mass is 325 g/mol. The van der Waals surface area contributed by atoms with Gasteiger partial charge in [0.15, 0.2) is 0 Å². The molecule has 0 aliphatic heterocycles. The van der Waals surface area contributed by atoms with Gasteiger partial charge in [-0.25, -0.2) is 0 Å². The lowest BCUT2D eigenvalue weighted by Crippen LogP contribution is -2.28. The van der Waals surface area contributed by atoms with Crippen LogP contribution in [0, 0.1) is 11.8 Å². The number of rotatable bonds is 3. The molecule has 106 valence electrons.